The minimum absolute atomic E-state index is 0. The predicted molar refractivity (Wildman–Crippen MR) is 87.5 cm³/mol. The maximum absolute atomic E-state index is 14.0. The first-order valence-corrected chi connectivity index (χ1v) is 6.62. The summed E-state index contributed by atoms with van der Waals surface area (Å²) < 4.78 is 27.4. The topological polar surface area (TPSA) is 15.3 Å². The van der Waals surface area contributed by atoms with Crippen LogP contribution in [0.25, 0.3) is 0 Å². The van der Waals surface area contributed by atoms with E-state index in [0.29, 0.717) is 12.0 Å². The number of hydrogen-bond acceptors (Lipinski definition) is 2. The van der Waals surface area contributed by atoms with Gasteiger partial charge in [-0.1, -0.05) is 5.57 Å². The molecule has 0 amide bonds. The molecule has 1 fully saturated rings. The third kappa shape index (κ3) is 5.55. The maximum Gasteiger partial charge on any atom is 0.128 e. The first kappa shape index (κ1) is 20.3. The first-order chi connectivity index (χ1) is 9.08. The molecule has 0 spiro atoms. The summed E-state index contributed by atoms with van der Waals surface area (Å²) in [7, 11) is 0. The van der Waals surface area contributed by atoms with Gasteiger partial charge in [-0.3, -0.25) is 4.90 Å². The van der Waals surface area contributed by atoms with E-state index in [1.54, 1.807) is 0 Å². The second kappa shape index (κ2) is 9.36. The highest BCUT2D eigenvalue weighted by Crippen LogP contribution is 2.29. The molecule has 1 atom stereocenters. The van der Waals surface area contributed by atoms with Crippen LogP contribution in [0.5, 0.6) is 0 Å². The Hall–Kier alpha value is -0.680. The van der Waals surface area contributed by atoms with Crippen LogP contribution in [0.4, 0.5) is 8.78 Å². The molecule has 21 heavy (non-hydrogen) atoms. The average molecular weight is 339 g/mol. The Labute approximate surface area is 137 Å². The van der Waals surface area contributed by atoms with Crippen molar-refractivity contribution < 1.29 is 8.78 Å². The highest BCUT2D eigenvalue weighted by atomic mass is 35.5. The van der Waals surface area contributed by atoms with Crippen LogP contribution in [0.15, 0.2) is 30.4 Å². The molecule has 0 saturated carbocycles. The lowest BCUT2D eigenvalue weighted by Gasteiger charge is -2.35. The Morgan fingerprint density at radius 2 is 1.90 bits per heavy atom. The van der Waals surface area contributed by atoms with Crippen LogP contribution in [0, 0.1) is 11.6 Å². The summed E-state index contributed by atoms with van der Waals surface area (Å²) in [6.45, 7) is 9.27. The summed E-state index contributed by atoms with van der Waals surface area (Å²) in [5.41, 5.74) is 1.41. The van der Waals surface area contributed by atoms with Gasteiger partial charge in [0.1, 0.15) is 11.6 Å². The van der Waals surface area contributed by atoms with Crippen LogP contribution >= 0.6 is 24.8 Å². The van der Waals surface area contributed by atoms with Crippen LogP contribution < -0.4 is 5.32 Å². The zero-order chi connectivity index (χ0) is 13.8. The number of nitrogens with zero attached hydrogens (tertiary/aromatic N) is 1. The van der Waals surface area contributed by atoms with Crippen LogP contribution in [-0.2, 0) is 0 Å². The van der Waals surface area contributed by atoms with E-state index < -0.39 is 5.82 Å². The average Bonchev–Trinajstić information content (AvgIpc) is 2.40. The van der Waals surface area contributed by atoms with Gasteiger partial charge in [0.2, 0.25) is 0 Å². The molecule has 120 valence electrons. The molecule has 1 aromatic carbocycles. The lowest BCUT2D eigenvalue weighted by Crippen LogP contribution is -2.45. The number of rotatable bonds is 4. The molecule has 1 saturated heterocycles. The summed E-state index contributed by atoms with van der Waals surface area (Å²) in [4.78, 5) is 2.20. The third-order valence-electron chi connectivity index (χ3n) is 3.45. The van der Waals surface area contributed by atoms with Crippen molar-refractivity contribution in [3.05, 3.63) is 47.5 Å². The molecule has 0 bridgehead atoms. The number of benzene rings is 1. The Kier molecular flexibility index (Phi) is 9.06. The van der Waals surface area contributed by atoms with Crippen LogP contribution in [0.1, 0.15) is 24.9 Å². The molecule has 0 radical (unpaired) electrons. The minimum Gasteiger partial charge on any atom is -0.314 e. The molecule has 1 aromatic rings. The van der Waals surface area contributed by atoms with E-state index in [1.807, 2.05) is 6.92 Å². The monoisotopic (exact) mass is 338 g/mol. The molecule has 1 heterocycles. The Morgan fingerprint density at radius 1 is 1.29 bits per heavy atom. The summed E-state index contributed by atoms with van der Waals surface area (Å²) in [6.07, 6.45) is 0.653. The summed E-state index contributed by atoms with van der Waals surface area (Å²) in [5.74, 6) is -0.732. The molecule has 6 heteroatoms. The normalized spacial score (nSPS) is 16.5. The van der Waals surface area contributed by atoms with Crippen molar-refractivity contribution in [3.63, 3.8) is 0 Å². The minimum atomic E-state index is -0.391. The molecule has 0 unspecified atom stereocenters. The van der Waals surface area contributed by atoms with E-state index in [9.17, 15) is 8.78 Å². The summed E-state index contributed by atoms with van der Waals surface area (Å²) in [6, 6.07) is 3.55. The molecule has 2 rings (SSSR count). The van der Waals surface area contributed by atoms with Gasteiger partial charge in [-0.05, 0) is 31.5 Å². The van der Waals surface area contributed by atoms with Crippen molar-refractivity contribution in [1.29, 1.82) is 0 Å². The van der Waals surface area contributed by atoms with E-state index in [-0.39, 0.29) is 36.7 Å². The van der Waals surface area contributed by atoms with E-state index in [2.05, 4.69) is 16.8 Å². The van der Waals surface area contributed by atoms with Crippen molar-refractivity contribution in [1.82, 2.24) is 10.2 Å². The molecule has 0 aliphatic carbocycles. The van der Waals surface area contributed by atoms with Gasteiger partial charge >= 0.3 is 0 Å². The van der Waals surface area contributed by atoms with Gasteiger partial charge in [-0.25, -0.2) is 8.78 Å². The fourth-order valence-electron chi connectivity index (χ4n) is 2.53. The van der Waals surface area contributed by atoms with Crippen LogP contribution in [0.3, 0.4) is 0 Å². The first-order valence-electron chi connectivity index (χ1n) is 6.62. The standard InChI is InChI=1S/C15H20F2N2.2ClH/c1-11(2)9-15(19-7-5-18-6-8-19)13-10-12(16)3-4-14(13)17;;/h3-4,10,15,18H,1,5-9H2,2H3;2*1H/t15-;;/m0../s1. The van der Waals surface area contributed by atoms with Gasteiger partial charge in [-0.15, -0.1) is 31.4 Å². The molecule has 1 aliphatic heterocycles. The Bertz CT molecular complexity index is 463. The van der Waals surface area contributed by atoms with Crippen molar-refractivity contribution in [2.75, 3.05) is 26.2 Å². The number of hydrogen-bond donors (Lipinski definition) is 1. The Morgan fingerprint density at radius 3 is 2.48 bits per heavy atom. The van der Waals surface area contributed by atoms with E-state index in [4.69, 9.17) is 0 Å². The Balaban J connectivity index is 0.00000200. The third-order valence-corrected chi connectivity index (χ3v) is 3.45. The maximum atomic E-state index is 14.0. The summed E-state index contributed by atoms with van der Waals surface area (Å²) in [5, 5.41) is 3.27. The van der Waals surface area contributed by atoms with E-state index in [1.165, 1.54) is 12.1 Å². The van der Waals surface area contributed by atoms with Gasteiger partial charge in [0, 0.05) is 37.8 Å². The predicted octanol–water partition coefficient (Wildman–Crippen LogP) is 3.72. The second-order valence-corrected chi connectivity index (χ2v) is 5.13. The van der Waals surface area contributed by atoms with Gasteiger partial charge in [0.15, 0.2) is 0 Å². The van der Waals surface area contributed by atoms with Gasteiger partial charge < -0.3 is 5.32 Å². The zero-order valence-corrected chi connectivity index (χ0v) is 13.7. The molecular weight excluding hydrogens is 317 g/mol. The molecular formula is C15H22Cl2F2N2. The number of halogens is 4. The summed E-state index contributed by atoms with van der Waals surface area (Å²) >= 11 is 0. The van der Waals surface area contributed by atoms with Crippen LogP contribution in [-0.4, -0.2) is 31.1 Å². The smallest absolute Gasteiger partial charge is 0.128 e. The lowest BCUT2D eigenvalue weighted by molar-refractivity contribution is 0.169. The quantitative estimate of drug-likeness (QED) is 0.841. The number of nitrogens with one attached hydrogen (secondary N) is 1. The highest BCUT2D eigenvalue weighted by molar-refractivity contribution is 5.85. The zero-order valence-electron chi connectivity index (χ0n) is 12.1. The second-order valence-electron chi connectivity index (χ2n) is 5.13. The highest BCUT2D eigenvalue weighted by Gasteiger charge is 2.24. The van der Waals surface area contributed by atoms with Gasteiger partial charge in [0.05, 0.1) is 0 Å². The van der Waals surface area contributed by atoms with Crippen molar-refractivity contribution in [2.45, 2.75) is 19.4 Å². The largest absolute Gasteiger partial charge is 0.314 e. The SMILES string of the molecule is C=C(C)C[C@@H](c1cc(F)ccc1F)N1CCNCC1.Cl.Cl. The van der Waals surface area contributed by atoms with Crippen molar-refractivity contribution in [2.24, 2.45) is 0 Å². The lowest BCUT2D eigenvalue weighted by atomic mass is 9.97. The number of piperazine rings is 1. The molecule has 2 nitrogen and oxygen atoms in total. The van der Waals surface area contributed by atoms with Gasteiger partial charge in [0.25, 0.3) is 0 Å². The molecule has 0 aromatic heterocycles. The fraction of sp³-hybridized carbons (Fsp3) is 0.467. The molecule has 1 N–H and O–H groups in total. The van der Waals surface area contributed by atoms with Crippen LogP contribution in [0.2, 0.25) is 0 Å². The van der Waals surface area contributed by atoms with Crippen molar-refractivity contribution >= 4 is 24.8 Å². The fourth-order valence-corrected chi connectivity index (χ4v) is 2.53. The van der Waals surface area contributed by atoms with E-state index >= 15 is 0 Å². The molecule has 1 aliphatic rings. The van der Waals surface area contributed by atoms with Crippen molar-refractivity contribution in [3.8, 4) is 0 Å². The van der Waals surface area contributed by atoms with E-state index in [0.717, 1.165) is 37.8 Å². The van der Waals surface area contributed by atoms with Gasteiger partial charge in [-0.2, -0.15) is 0 Å².